The molecule has 0 saturated heterocycles. The second kappa shape index (κ2) is 4.50. The predicted molar refractivity (Wildman–Crippen MR) is 66.2 cm³/mol. The molecule has 6 heteroatoms. The number of aromatic nitrogens is 3. The average molecular weight is 255 g/mol. The van der Waals surface area contributed by atoms with Crippen molar-refractivity contribution in [2.75, 3.05) is 6.54 Å². The molecule has 3 rings (SSSR count). The van der Waals surface area contributed by atoms with Gasteiger partial charge in [0.2, 0.25) is 0 Å². The van der Waals surface area contributed by atoms with E-state index in [0.29, 0.717) is 6.54 Å². The Hall–Kier alpha value is -1.33. The van der Waals surface area contributed by atoms with E-state index in [-0.39, 0.29) is 12.4 Å². The smallest absolute Gasteiger partial charge is 0.146 e. The lowest BCUT2D eigenvalue weighted by molar-refractivity contribution is 0.379. The molecular formula is C11H15ClN4O. The Morgan fingerprint density at radius 2 is 2.29 bits per heavy atom. The summed E-state index contributed by atoms with van der Waals surface area (Å²) in [5.74, 6) is 0.976. The van der Waals surface area contributed by atoms with Crippen molar-refractivity contribution in [3.8, 4) is 11.3 Å². The zero-order chi connectivity index (χ0) is 11.1. The van der Waals surface area contributed by atoms with Crippen LogP contribution in [0.15, 0.2) is 10.7 Å². The van der Waals surface area contributed by atoms with Gasteiger partial charge in [0.1, 0.15) is 5.76 Å². The van der Waals surface area contributed by atoms with E-state index in [1.165, 1.54) is 5.56 Å². The monoisotopic (exact) mass is 254 g/mol. The lowest BCUT2D eigenvalue weighted by Gasteiger charge is -2.13. The Morgan fingerprint density at radius 1 is 1.47 bits per heavy atom. The summed E-state index contributed by atoms with van der Waals surface area (Å²) in [4.78, 5) is 0. The number of hydrogen-bond donors (Lipinski definition) is 1. The van der Waals surface area contributed by atoms with Crippen LogP contribution in [0.1, 0.15) is 17.0 Å². The van der Waals surface area contributed by atoms with Crippen molar-refractivity contribution in [1.82, 2.24) is 14.9 Å². The van der Waals surface area contributed by atoms with Gasteiger partial charge in [-0.15, -0.1) is 12.4 Å². The molecule has 0 aliphatic heterocycles. The zero-order valence-electron chi connectivity index (χ0n) is 9.64. The summed E-state index contributed by atoms with van der Waals surface area (Å²) in [6, 6.07) is 0. The van der Waals surface area contributed by atoms with E-state index in [1.54, 1.807) is 0 Å². The molecule has 92 valence electrons. The SMILES string of the molecule is Cc1noc2c1-c1c(cnn1CCN)CC2.Cl. The summed E-state index contributed by atoms with van der Waals surface area (Å²) >= 11 is 0. The number of halogens is 1. The van der Waals surface area contributed by atoms with Gasteiger partial charge in [0, 0.05) is 13.0 Å². The number of nitrogens with zero attached hydrogens (tertiary/aromatic N) is 3. The largest absolute Gasteiger partial charge is 0.360 e. The fourth-order valence-corrected chi connectivity index (χ4v) is 2.33. The standard InChI is InChI=1S/C11H14N4O.ClH/c1-7-10-9(16-14-7)3-2-8-6-13-15(5-4-12)11(8)10;/h6H,2-5,12H2,1H3;1H. The van der Waals surface area contributed by atoms with Gasteiger partial charge in [-0.3, -0.25) is 4.68 Å². The molecule has 0 amide bonds. The Morgan fingerprint density at radius 3 is 3.06 bits per heavy atom. The van der Waals surface area contributed by atoms with Crippen molar-refractivity contribution < 1.29 is 4.52 Å². The molecule has 2 heterocycles. The van der Waals surface area contributed by atoms with Crippen molar-refractivity contribution in [1.29, 1.82) is 0 Å². The Kier molecular flexibility index (Phi) is 3.22. The zero-order valence-corrected chi connectivity index (χ0v) is 10.5. The van der Waals surface area contributed by atoms with Crippen molar-refractivity contribution in [3.05, 3.63) is 23.2 Å². The van der Waals surface area contributed by atoms with Crippen LogP contribution in [0.25, 0.3) is 11.3 Å². The van der Waals surface area contributed by atoms with Gasteiger partial charge in [0.15, 0.2) is 0 Å². The van der Waals surface area contributed by atoms with Crippen LogP contribution in [-0.2, 0) is 19.4 Å². The quantitative estimate of drug-likeness (QED) is 0.878. The van der Waals surface area contributed by atoms with Crippen molar-refractivity contribution in [2.24, 2.45) is 5.73 Å². The molecule has 1 aliphatic carbocycles. The Bertz CT molecular complexity index is 532. The average Bonchev–Trinajstić information content (AvgIpc) is 2.84. The Balaban J connectivity index is 0.00000108. The molecule has 5 nitrogen and oxygen atoms in total. The van der Waals surface area contributed by atoms with E-state index in [1.807, 2.05) is 17.8 Å². The highest BCUT2D eigenvalue weighted by Gasteiger charge is 2.26. The first-order valence-electron chi connectivity index (χ1n) is 5.51. The van der Waals surface area contributed by atoms with Crippen LogP contribution in [0.3, 0.4) is 0 Å². The van der Waals surface area contributed by atoms with Crippen LogP contribution in [0.4, 0.5) is 0 Å². The van der Waals surface area contributed by atoms with Crippen LogP contribution in [0.2, 0.25) is 0 Å². The van der Waals surface area contributed by atoms with Crippen LogP contribution in [-0.4, -0.2) is 21.5 Å². The summed E-state index contributed by atoms with van der Waals surface area (Å²) in [6.07, 6.45) is 3.82. The second-order valence-corrected chi connectivity index (χ2v) is 4.10. The molecule has 17 heavy (non-hydrogen) atoms. The molecule has 0 unspecified atom stereocenters. The second-order valence-electron chi connectivity index (χ2n) is 4.10. The van der Waals surface area contributed by atoms with E-state index in [9.17, 15) is 0 Å². The van der Waals surface area contributed by atoms with E-state index in [0.717, 1.165) is 42.1 Å². The maximum Gasteiger partial charge on any atom is 0.146 e. The molecule has 0 atom stereocenters. The van der Waals surface area contributed by atoms with E-state index < -0.39 is 0 Å². The maximum absolute atomic E-state index is 5.59. The third-order valence-corrected chi connectivity index (χ3v) is 3.05. The highest BCUT2D eigenvalue weighted by atomic mass is 35.5. The Labute approximate surface area is 105 Å². The van der Waals surface area contributed by atoms with Gasteiger partial charge in [-0.05, 0) is 18.9 Å². The lowest BCUT2D eigenvalue weighted by atomic mass is 9.95. The summed E-state index contributed by atoms with van der Waals surface area (Å²) in [6.45, 7) is 3.30. The summed E-state index contributed by atoms with van der Waals surface area (Å²) in [5.41, 5.74) is 10.1. The van der Waals surface area contributed by atoms with Crippen molar-refractivity contribution >= 4 is 12.4 Å². The molecule has 0 fully saturated rings. The predicted octanol–water partition coefficient (Wildman–Crippen LogP) is 1.33. The number of aryl methyl sites for hydroxylation is 3. The summed E-state index contributed by atoms with van der Waals surface area (Å²) in [7, 11) is 0. The van der Waals surface area contributed by atoms with Crippen LogP contribution in [0.5, 0.6) is 0 Å². The fraction of sp³-hybridized carbons (Fsp3) is 0.455. The van der Waals surface area contributed by atoms with E-state index >= 15 is 0 Å². The van der Waals surface area contributed by atoms with Crippen LogP contribution >= 0.6 is 12.4 Å². The van der Waals surface area contributed by atoms with E-state index in [4.69, 9.17) is 10.3 Å². The number of fused-ring (bicyclic) bond motifs is 3. The molecular weight excluding hydrogens is 240 g/mol. The number of hydrogen-bond acceptors (Lipinski definition) is 4. The van der Waals surface area contributed by atoms with Gasteiger partial charge in [0.25, 0.3) is 0 Å². The summed E-state index contributed by atoms with van der Waals surface area (Å²) < 4.78 is 7.28. The normalized spacial score (nSPS) is 12.8. The first-order valence-corrected chi connectivity index (χ1v) is 5.51. The van der Waals surface area contributed by atoms with Gasteiger partial charge >= 0.3 is 0 Å². The number of nitrogens with two attached hydrogens (primary N) is 1. The highest BCUT2D eigenvalue weighted by molar-refractivity contribution is 5.85. The molecule has 1 aliphatic rings. The van der Waals surface area contributed by atoms with Gasteiger partial charge in [-0.1, -0.05) is 5.16 Å². The first-order chi connectivity index (χ1) is 7.81. The van der Waals surface area contributed by atoms with Gasteiger partial charge in [-0.2, -0.15) is 5.10 Å². The van der Waals surface area contributed by atoms with Gasteiger partial charge in [0.05, 0.1) is 29.7 Å². The molecule has 0 spiro atoms. The molecule has 0 bridgehead atoms. The molecule has 2 aromatic heterocycles. The third-order valence-electron chi connectivity index (χ3n) is 3.05. The topological polar surface area (TPSA) is 69.9 Å². The number of rotatable bonds is 2. The molecule has 0 aromatic carbocycles. The van der Waals surface area contributed by atoms with Crippen molar-refractivity contribution in [2.45, 2.75) is 26.3 Å². The minimum atomic E-state index is 0. The minimum absolute atomic E-state index is 0. The van der Waals surface area contributed by atoms with Crippen LogP contribution < -0.4 is 5.73 Å². The summed E-state index contributed by atoms with van der Waals surface area (Å²) in [5, 5.41) is 8.40. The van der Waals surface area contributed by atoms with Gasteiger partial charge in [-0.25, -0.2) is 0 Å². The third kappa shape index (κ3) is 1.75. The minimum Gasteiger partial charge on any atom is -0.360 e. The first kappa shape index (κ1) is 12.1. The lowest BCUT2D eigenvalue weighted by Crippen LogP contribution is -2.14. The fourth-order valence-electron chi connectivity index (χ4n) is 2.33. The maximum atomic E-state index is 5.59. The molecule has 0 saturated carbocycles. The highest BCUT2D eigenvalue weighted by Crippen LogP contribution is 2.35. The van der Waals surface area contributed by atoms with Crippen LogP contribution in [0, 0.1) is 6.92 Å². The van der Waals surface area contributed by atoms with E-state index in [2.05, 4.69) is 10.3 Å². The molecule has 2 N–H and O–H groups in total. The molecule has 0 radical (unpaired) electrons. The molecule has 2 aromatic rings. The van der Waals surface area contributed by atoms with Gasteiger partial charge < -0.3 is 10.3 Å². The van der Waals surface area contributed by atoms with Crippen molar-refractivity contribution in [3.63, 3.8) is 0 Å².